The molecule has 2 rings (SSSR count). The third-order valence-electron chi connectivity index (χ3n) is 2.96. The number of carbonyl (C=O) groups excluding carboxylic acids is 1. The van der Waals surface area contributed by atoms with E-state index >= 15 is 0 Å². The molecule has 1 aliphatic carbocycles. The monoisotopic (exact) mass is 251 g/mol. The van der Waals surface area contributed by atoms with Crippen molar-refractivity contribution in [3.63, 3.8) is 0 Å². The van der Waals surface area contributed by atoms with E-state index in [0.717, 1.165) is 18.4 Å². The van der Waals surface area contributed by atoms with Crippen LogP contribution in [-0.4, -0.2) is 11.9 Å². The van der Waals surface area contributed by atoms with Gasteiger partial charge in [-0.25, -0.2) is 0 Å². The van der Waals surface area contributed by atoms with Crippen LogP contribution in [0.15, 0.2) is 18.2 Å². The van der Waals surface area contributed by atoms with E-state index in [9.17, 15) is 4.79 Å². The van der Waals surface area contributed by atoms with E-state index < -0.39 is 0 Å². The van der Waals surface area contributed by atoms with Gasteiger partial charge in [-0.2, -0.15) is 0 Å². The Morgan fingerprint density at radius 1 is 1.35 bits per heavy atom. The van der Waals surface area contributed by atoms with Crippen molar-refractivity contribution in [3.8, 4) is 0 Å². The van der Waals surface area contributed by atoms with Crippen molar-refractivity contribution in [2.45, 2.75) is 45.1 Å². The first-order valence-corrected chi connectivity index (χ1v) is 6.37. The summed E-state index contributed by atoms with van der Waals surface area (Å²) in [6.07, 6.45) is 2.17. The molecule has 92 valence electrons. The van der Waals surface area contributed by atoms with Gasteiger partial charge in [0.15, 0.2) is 0 Å². The van der Waals surface area contributed by atoms with Crippen LogP contribution in [0, 0.1) is 0 Å². The highest BCUT2D eigenvalue weighted by Crippen LogP contribution is 2.32. The summed E-state index contributed by atoms with van der Waals surface area (Å²) in [6, 6.07) is 6.02. The molecule has 0 aromatic heterocycles. The maximum atomic E-state index is 12.0. The smallest absolute Gasteiger partial charge is 0.253 e. The van der Waals surface area contributed by atoms with Crippen molar-refractivity contribution in [3.05, 3.63) is 34.3 Å². The van der Waals surface area contributed by atoms with Crippen LogP contribution in [0.2, 0.25) is 5.02 Å². The Morgan fingerprint density at radius 2 is 2.00 bits per heavy atom. The molecule has 1 aromatic rings. The number of halogens is 1. The lowest BCUT2D eigenvalue weighted by Gasteiger charge is -2.21. The minimum Gasteiger partial charge on any atom is -0.349 e. The molecule has 0 aliphatic heterocycles. The average Bonchev–Trinajstić information content (AvgIpc) is 3.00. The van der Waals surface area contributed by atoms with Crippen LogP contribution in [0.1, 0.15) is 49.5 Å². The van der Waals surface area contributed by atoms with Crippen LogP contribution in [0.3, 0.4) is 0 Å². The normalized spacial score (nSPS) is 15.8. The minimum atomic E-state index is -0.0522. The van der Waals surface area contributed by atoms with Crippen molar-refractivity contribution >= 4 is 17.5 Å². The van der Waals surface area contributed by atoms with E-state index in [4.69, 9.17) is 11.6 Å². The second-order valence-corrected chi connectivity index (χ2v) is 6.04. The van der Waals surface area contributed by atoms with Gasteiger partial charge < -0.3 is 5.32 Å². The highest BCUT2D eigenvalue weighted by atomic mass is 35.5. The molecule has 0 heterocycles. The van der Waals surface area contributed by atoms with Gasteiger partial charge in [0.2, 0.25) is 0 Å². The molecule has 0 bridgehead atoms. The summed E-state index contributed by atoms with van der Waals surface area (Å²) >= 11 is 6.33. The van der Waals surface area contributed by atoms with Crippen LogP contribution in [0.4, 0.5) is 0 Å². The quantitative estimate of drug-likeness (QED) is 0.856. The van der Waals surface area contributed by atoms with E-state index in [-0.39, 0.29) is 11.3 Å². The van der Waals surface area contributed by atoms with Crippen molar-refractivity contribution < 1.29 is 4.79 Å². The Kier molecular flexibility index (Phi) is 3.17. The molecule has 1 N–H and O–H groups in total. The molecule has 1 amide bonds. The molecule has 17 heavy (non-hydrogen) atoms. The summed E-state index contributed by atoms with van der Waals surface area (Å²) in [4.78, 5) is 12.0. The first kappa shape index (κ1) is 12.4. The van der Waals surface area contributed by atoms with Gasteiger partial charge in [-0.15, -0.1) is 0 Å². The second-order valence-electron chi connectivity index (χ2n) is 5.66. The number of amides is 1. The van der Waals surface area contributed by atoms with E-state index in [0.29, 0.717) is 16.6 Å². The molecule has 0 unspecified atom stereocenters. The number of rotatable bonds is 2. The maximum absolute atomic E-state index is 12.0. The molecule has 0 atom stereocenters. The lowest BCUT2D eigenvalue weighted by Crippen LogP contribution is -2.26. The van der Waals surface area contributed by atoms with Crippen LogP contribution in [0.25, 0.3) is 0 Å². The predicted octanol–water partition coefficient (Wildman–Crippen LogP) is 3.53. The Hall–Kier alpha value is -1.02. The van der Waals surface area contributed by atoms with E-state index in [1.165, 1.54) is 0 Å². The number of benzene rings is 1. The van der Waals surface area contributed by atoms with Crippen LogP contribution >= 0.6 is 11.6 Å². The molecule has 3 heteroatoms. The lowest BCUT2D eigenvalue weighted by atomic mass is 9.86. The third kappa shape index (κ3) is 2.81. The number of hydrogen-bond acceptors (Lipinski definition) is 1. The number of nitrogens with one attached hydrogen (secondary N) is 1. The molecule has 1 aromatic carbocycles. The van der Waals surface area contributed by atoms with E-state index in [1.807, 2.05) is 12.1 Å². The van der Waals surface area contributed by atoms with E-state index in [2.05, 4.69) is 26.1 Å². The summed E-state index contributed by atoms with van der Waals surface area (Å²) < 4.78 is 0. The van der Waals surface area contributed by atoms with Crippen molar-refractivity contribution in [1.82, 2.24) is 5.32 Å². The fourth-order valence-corrected chi connectivity index (χ4v) is 2.27. The van der Waals surface area contributed by atoms with Gasteiger partial charge >= 0.3 is 0 Å². The van der Waals surface area contributed by atoms with Gasteiger partial charge in [0, 0.05) is 6.04 Å². The summed E-state index contributed by atoms with van der Waals surface area (Å²) in [5, 5.41) is 3.55. The maximum Gasteiger partial charge on any atom is 0.253 e. The largest absolute Gasteiger partial charge is 0.349 e. The van der Waals surface area contributed by atoms with Crippen LogP contribution in [-0.2, 0) is 5.41 Å². The molecule has 2 nitrogen and oxygen atoms in total. The fraction of sp³-hybridized carbons (Fsp3) is 0.500. The van der Waals surface area contributed by atoms with Gasteiger partial charge in [0.05, 0.1) is 10.6 Å². The summed E-state index contributed by atoms with van der Waals surface area (Å²) in [5.41, 5.74) is 1.56. The third-order valence-corrected chi connectivity index (χ3v) is 3.37. The molecule has 0 radical (unpaired) electrons. The van der Waals surface area contributed by atoms with Gasteiger partial charge in [-0.1, -0.05) is 44.5 Å². The summed E-state index contributed by atoms with van der Waals surface area (Å²) in [7, 11) is 0. The fourth-order valence-electron chi connectivity index (χ4n) is 1.78. The van der Waals surface area contributed by atoms with Gasteiger partial charge in [0.25, 0.3) is 5.91 Å². The summed E-state index contributed by atoms with van der Waals surface area (Å²) in [6.45, 7) is 6.28. The SMILES string of the molecule is CC(C)(C)c1cccc(C(=O)NC2CC2)c1Cl. The molecule has 0 spiro atoms. The molecule has 1 fully saturated rings. The molecular weight excluding hydrogens is 234 g/mol. The topological polar surface area (TPSA) is 29.1 Å². The molecular formula is C14H18ClNO. The number of hydrogen-bond donors (Lipinski definition) is 1. The molecule has 0 saturated heterocycles. The standard InChI is InChI=1S/C14H18ClNO/c1-14(2,3)11-6-4-5-10(12(11)15)13(17)16-9-7-8-9/h4-6,9H,7-8H2,1-3H3,(H,16,17). The van der Waals surface area contributed by atoms with Gasteiger partial charge in [-0.3, -0.25) is 4.79 Å². The highest BCUT2D eigenvalue weighted by Gasteiger charge is 2.26. The Bertz CT molecular complexity index is 444. The molecule has 1 aliphatic rings. The Balaban J connectivity index is 2.31. The second kappa shape index (κ2) is 4.34. The van der Waals surface area contributed by atoms with Crippen molar-refractivity contribution in [1.29, 1.82) is 0 Å². The molecule has 1 saturated carbocycles. The zero-order chi connectivity index (χ0) is 12.6. The lowest BCUT2D eigenvalue weighted by molar-refractivity contribution is 0.0951. The van der Waals surface area contributed by atoms with Crippen LogP contribution < -0.4 is 5.32 Å². The van der Waals surface area contributed by atoms with Crippen molar-refractivity contribution in [2.75, 3.05) is 0 Å². The van der Waals surface area contributed by atoms with Gasteiger partial charge in [0.1, 0.15) is 0 Å². The predicted molar refractivity (Wildman–Crippen MR) is 70.6 cm³/mol. The highest BCUT2D eigenvalue weighted by molar-refractivity contribution is 6.34. The number of carbonyl (C=O) groups is 1. The van der Waals surface area contributed by atoms with E-state index in [1.54, 1.807) is 6.07 Å². The van der Waals surface area contributed by atoms with Crippen molar-refractivity contribution in [2.24, 2.45) is 0 Å². The first-order valence-electron chi connectivity index (χ1n) is 5.99. The first-order chi connectivity index (χ1) is 7.89. The minimum absolute atomic E-state index is 0.0487. The Morgan fingerprint density at radius 3 is 2.53 bits per heavy atom. The van der Waals surface area contributed by atoms with Crippen LogP contribution in [0.5, 0.6) is 0 Å². The average molecular weight is 252 g/mol. The van der Waals surface area contributed by atoms with Gasteiger partial charge in [-0.05, 0) is 29.9 Å². The Labute approximate surface area is 107 Å². The zero-order valence-corrected chi connectivity index (χ0v) is 11.3. The zero-order valence-electron chi connectivity index (χ0n) is 10.5. The summed E-state index contributed by atoms with van der Waals surface area (Å²) in [5.74, 6) is -0.0522.